The van der Waals surface area contributed by atoms with Crippen LogP contribution in [0.15, 0.2) is 48.5 Å². The van der Waals surface area contributed by atoms with Crippen molar-refractivity contribution in [2.45, 2.75) is 19.8 Å². The Kier molecular flexibility index (Phi) is 6.07. The monoisotopic (exact) mass is 302 g/mol. The Morgan fingerprint density at radius 1 is 0.810 bits per heavy atom. The van der Waals surface area contributed by atoms with E-state index in [1.54, 1.807) is 14.2 Å². The van der Waals surface area contributed by atoms with Crippen molar-refractivity contribution in [3.63, 3.8) is 0 Å². The van der Waals surface area contributed by atoms with Crippen molar-refractivity contribution in [3.05, 3.63) is 48.5 Å². The summed E-state index contributed by atoms with van der Waals surface area (Å²) in [7, 11) is 3.03. The van der Waals surface area contributed by atoms with Crippen LogP contribution in [0.1, 0.15) is 19.8 Å². The highest BCUT2D eigenvalue weighted by Crippen LogP contribution is 2.40. The minimum Gasteiger partial charge on any atom is -0.496 e. The van der Waals surface area contributed by atoms with Crippen LogP contribution < -0.4 is 20.1 Å². The molecule has 0 amide bonds. The van der Waals surface area contributed by atoms with Crippen LogP contribution in [0, 0.1) is 0 Å². The van der Waals surface area contributed by atoms with Crippen molar-refractivity contribution in [3.8, 4) is 11.5 Å². The Bertz CT molecular complexity index is 521. The van der Waals surface area contributed by atoms with E-state index in [9.17, 15) is 0 Å². The summed E-state index contributed by atoms with van der Waals surface area (Å²) in [4.78, 5) is 0. The Balaban J connectivity index is 2.47. The summed E-state index contributed by atoms with van der Waals surface area (Å²) in [5.74, 6) is 1.95. The van der Waals surface area contributed by atoms with Gasteiger partial charge in [0.05, 0.1) is 14.2 Å². The zero-order chi connectivity index (χ0) is 15.1. The molecule has 112 valence electrons. The average molecular weight is 302 g/mol. The standard InChI is InChI=1S/C18H23O2P/c1-4-5-14-21(17-12-8-6-10-15(17)19-2)18-13-9-7-11-16(18)20-3/h6-13H,4-5,14H2,1-3H3. The Labute approximate surface area is 128 Å². The number of rotatable bonds is 7. The minimum atomic E-state index is -0.460. The van der Waals surface area contributed by atoms with E-state index in [2.05, 4.69) is 31.2 Å². The zero-order valence-electron chi connectivity index (χ0n) is 13.0. The van der Waals surface area contributed by atoms with Gasteiger partial charge in [-0.2, -0.15) is 0 Å². The number of para-hydroxylation sites is 2. The lowest BCUT2D eigenvalue weighted by Crippen LogP contribution is -2.17. The van der Waals surface area contributed by atoms with Crippen LogP contribution in [-0.4, -0.2) is 20.4 Å². The quantitative estimate of drug-likeness (QED) is 0.721. The molecule has 0 N–H and O–H groups in total. The number of unbranched alkanes of at least 4 members (excludes halogenated alkanes) is 1. The van der Waals surface area contributed by atoms with Crippen LogP contribution in [0.5, 0.6) is 11.5 Å². The van der Waals surface area contributed by atoms with E-state index in [-0.39, 0.29) is 0 Å². The first kappa shape index (κ1) is 15.9. The number of ether oxygens (including phenoxy) is 2. The molecule has 2 aromatic rings. The molecule has 0 bridgehead atoms. The predicted molar refractivity (Wildman–Crippen MR) is 92.0 cm³/mol. The predicted octanol–water partition coefficient (Wildman–Crippen LogP) is 3.94. The van der Waals surface area contributed by atoms with Gasteiger partial charge in [0.25, 0.3) is 0 Å². The minimum absolute atomic E-state index is 0.460. The molecule has 0 fully saturated rings. The van der Waals surface area contributed by atoms with E-state index in [0.29, 0.717) is 0 Å². The topological polar surface area (TPSA) is 18.5 Å². The normalized spacial score (nSPS) is 10.7. The molecule has 0 aliphatic heterocycles. The second kappa shape index (κ2) is 8.05. The summed E-state index contributed by atoms with van der Waals surface area (Å²) >= 11 is 0. The lowest BCUT2D eigenvalue weighted by Gasteiger charge is -2.22. The number of hydrogen-bond donors (Lipinski definition) is 0. The van der Waals surface area contributed by atoms with Crippen LogP contribution in [0.25, 0.3) is 0 Å². The summed E-state index contributed by atoms with van der Waals surface area (Å²) in [6.07, 6.45) is 3.57. The van der Waals surface area contributed by atoms with E-state index < -0.39 is 7.92 Å². The Morgan fingerprint density at radius 3 is 1.71 bits per heavy atom. The first-order valence-electron chi connectivity index (χ1n) is 7.35. The second-order valence-corrected chi connectivity index (χ2v) is 7.12. The molecule has 0 spiro atoms. The van der Waals surface area contributed by atoms with Crippen molar-refractivity contribution >= 4 is 18.5 Å². The molecule has 0 unspecified atom stereocenters. The van der Waals surface area contributed by atoms with Crippen LogP contribution in [0.4, 0.5) is 0 Å². The van der Waals surface area contributed by atoms with Gasteiger partial charge >= 0.3 is 0 Å². The van der Waals surface area contributed by atoms with Crippen molar-refractivity contribution < 1.29 is 9.47 Å². The fraction of sp³-hybridized carbons (Fsp3) is 0.333. The molecule has 2 aromatic carbocycles. The molecule has 0 radical (unpaired) electrons. The molecule has 0 atom stereocenters. The first-order chi connectivity index (χ1) is 10.3. The lowest BCUT2D eigenvalue weighted by molar-refractivity contribution is 0.417. The van der Waals surface area contributed by atoms with Crippen molar-refractivity contribution in [2.75, 3.05) is 20.4 Å². The van der Waals surface area contributed by atoms with Crippen molar-refractivity contribution in [1.29, 1.82) is 0 Å². The van der Waals surface area contributed by atoms with Gasteiger partial charge in [-0.25, -0.2) is 0 Å². The third-order valence-corrected chi connectivity index (χ3v) is 6.15. The second-order valence-electron chi connectivity index (χ2n) is 4.85. The van der Waals surface area contributed by atoms with E-state index in [0.717, 1.165) is 17.7 Å². The molecule has 2 rings (SSSR count). The number of hydrogen-bond acceptors (Lipinski definition) is 2. The van der Waals surface area contributed by atoms with Crippen molar-refractivity contribution in [2.24, 2.45) is 0 Å². The van der Waals surface area contributed by atoms with Gasteiger partial charge in [0, 0.05) is 10.6 Å². The van der Waals surface area contributed by atoms with Crippen molar-refractivity contribution in [1.82, 2.24) is 0 Å². The summed E-state index contributed by atoms with van der Waals surface area (Å²) in [5.41, 5.74) is 0. The van der Waals surface area contributed by atoms with Crippen LogP contribution in [-0.2, 0) is 0 Å². The maximum atomic E-state index is 5.58. The molecule has 2 nitrogen and oxygen atoms in total. The van der Waals surface area contributed by atoms with Gasteiger partial charge in [0.1, 0.15) is 11.5 Å². The highest BCUT2D eigenvalue weighted by molar-refractivity contribution is 7.73. The summed E-state index contributed by atoms with van der Waals surface area (Å²) in [5, 5.41) is 2.60. The largest absolute Gasteiger partial charge is 0.496 e. The van der Waals surface area contributed by atoms with Crippen LogP contribution in [0.2, 0.25) is 0 Å². The molecule has 21 heavy (non-hydrogen) atoms. The molecule has 0 heterocycles. The van der Waals surface area contributed by atoms with Gasteiger partial charge in [-0.3, -0.25) is 0 Å². The summed E-state index contributed by atoms with van der Waals surface area (Å²) < 4.78 is 11.2. The smallest absolute Gasteiger partial charge is 0.126 e. The van der Waals surface area contributed by atoms with Gasteiger partial charge in [-0.15, -0.1) is 0 Å². The number of methoxy groups -OCH3 is 2. The third-order valence-electron chi connectivity index (χ3n) is 3.49. The fourth-order valence-corrected chi connectivity index (χ4v) is 5.16. The molecular formula is C18H23O2P. The lowest BCUT2D eigenvalue weighted by atomic mass is 10.3. The average Bonchev–Trinajstić information content (AvgIpc) is 2.56. The Morgan fingerprint density at radius 2 is 1.29 bits per heavy atom. The van der Waals surface area contributed by atoms with E-state index >= 15 is 0 Å². The van der Waals surface area contributed by atoms with Crippen LogP contribution in [0.3, 0.4) is 0 Å². The van der Waals surface area contributed by atoms with E-state index in [1.165, 1.54) is 23.5 Å². The van der Waals surface area contributed by atoms with Crippen LogP contribution >= 0.6 is 7.92 Å². The molecule has 0 aliphatic carbocycles. The maximum Gasteiger partial charge on any atom is 0.126 e. The molecule has 3 heteroatoms. The first-order valence-corrected chi connectivity index (χ1v) is 8.88. The molecule has 0 aliphatic rings. The molecule has 0 aromatic heterocycles. The van der Waals surface area contributed by atoms with E-state index in [1.807, 2.05) is 24.3 Å². The van der Waals surface area contributed by atoms with E-state index in [4.69, 9.17) is 9.47 Å². The van der Waals surface area contributed by atoms with Gasteiger partial charge in [-0.05, 0) is 32.6 Å². The highest BCUT2D eigenvalue weighted by atomic mass is 31.1. The SMILES string of the molecule is CCCCP(c1ccccc1OC)c1ccccc1OC. The molecule has 0 saturated carbocycles. The zero-order valence-corrected chi connectivity index (χ0v) is 13.9. The third kappa shape index (κ3) is 3.77. The van der Waals surface area contributed by atoms with Gasteiger partial charge in [0.2, 0.25) is 0 Å². The van der Waals surface area contributed by atoms with Gasteiger partial charge < -0.3 is 9.47 Å². The Hall–Kier alpha value is -1.53. The molecule has 0 saturated heterocycles. The molecular weight excluding hydrogens is 279 g/mol. The summed E-state index contributed by atoms with van der Waals surface area (Å²) in [6, 6.07) is 16.7. The number of benzene rings is 2. The van der Waals surface area contributed by atoms with Gasteiger partial charge in [-0.1, -0.05) is 49.7 Å². The summed E-state index contributed by atoms with van der Waals surface area (Å²) in [6.45, 7) is 2.23. The highest BCUT2D eigenvalue weighted by Gasteiger charge is 2.20. The van der Waals surface area contributed by atoms with Gasteiger partial charge in [0.15, 0.2) is 0 Å². The fourth-order valence-electron chi connectivity index (χ4n) is 2.39. The maximum absolute atomic E-state index is 5.58.